The number of carbonyl (C=O) groups is 2. The molecule has 4 unspecified atom stereocenters. The molecule has 0 radical (unpaired) electrons. The topological polar surface area (TPSA) is 43.4 Å². The molecule has 0 N–H and O–H groups in total. The van der Waals surface area contributed by atoms with Gasteiger partial charge >= 0.3 is 5.97 Å². The maximum absolute atomic E-state index is 11.8. The third-order valence-corrected chi connectivity index (χ3v) is 4.23. The first-order valence-corrected chi connectivity index (χ1v) is 6.21. The van der Waals surface area contributed by atoms with Crippen LogP contribution in [0.3, 0.4) is 0 Å². The van der Waals surface area contributed by atoms with Gasteiger partial charge in [-0.1, -0.05) is 6.92 Å². The van der Waals surface area contributed by atoms with Gasteiger partial charge in [0.1, 0.15) is 5.78 Å². The fourth-order valence-electron chi connectivity index (χ4n) is 2.90. The molecule has 0 amide bonds. The summed E-state index contributed by atoms with van der Waals surface area (Å²) in [6.45, 7) is 2.24. The van der Waals surface area contributed by atoms with E-state index in [0.717, 1.165) is 24.7 Å². The van der Waals surface area contributed by atoms with Gasteiger partial charge in [0.15, 0.2) is 0 Å². The normalized spacial score (nSPS) is 37.5. The smallest absolute Gasteiger partial charge is 0.305 e. The third-order valence-electron chi connectivity index (χ3n) is 4.23. The fraction of sp³-hybridized carbons (Fsp3) is 0.846. The zero-order valence-electron chi connectivity index (χ0n) is 10.1. The Morgan fingerprint density at radius 2 is 2.12 bits per heavy atom. The van der Waals surface area contributed by atoms with Crippen molar-refractivity contribution in [2.24, 2.45) is 23.7 Å². The van der Waals surface area contributed by atoms with E-state index in [1.165, 1.54) is 13.5 Å². The zero-order valence-corrected chi connectivity index (χ0v) is 10.1. The average Bonchev–Trinajstić information content (AvgIpc) is 2.86. The number of rotatable bonds is 4. The number of ether oxygens (including phenoxy) is 1. The molecule has 0 aromatic heterocycles. The van der Waals surface area contributed by atoms with E-state index >= 15 is 0 Å². The van der Waals surface area contributed by atoms with Gasteiger partial charge in [0.2, 0.25) is 0 Å². The second-order valence-corrected chi connectivity index (χ2v) is 5.36. The highest BCUT2D eigenvalue weighted by molar-refractivity contribution is 5.84. The summed E-state index contributed by atoms with van der Waals surface area (Å²) in [5.41, 5.74) is 0. The van der Waals surface area contributed by atoms with Gasteiger partial charge in [0, 0.05) is 18.8 Å². The summed E-state index contributed by atoms with van der Waals surface area (Å²) in [7, 11) is 1.41. The number of hydrogen-bond donors (Lipinski definition) is 0. The second-order valence-electron chi connectivity index (χ2n) is 5.36. The van der Waals surface area contributed by atoms with Gasteiger partial charge < -0.3 is 4.74 Å². The van der Waals surface area contributed by atoms with E-state index in [4.69, 9.17) is 0 Å². The van der Waals surface area contributed by atoms with E-state index in [1.807, 2.05) is 0 Å². The van der Waals surface area contributed by atoms with Crippen LogP contribution in [-0.2, 0) is 14.3 Å². The molecule has 2 fully saturated rings. The molecule has 3 heteroatoms. The quantitative estimate of drug-likeness (QED) is 0.687. The molecule has 16 heavy (non-hydrogen) atoms. The van der Waals surface area contributed by atoms with Crippen LogP contribution in [0, 0.1) is 23.7 Å². The minimum absolute atomic E-state index is 0.133. The molecule has 0 saturated heterocycles. The molecular weight excluding hydrogens is 204 g/mol. The highest BCUT2D eigenvalue weighted by atomic mass is 16.5. The molecule has 2 saturated carbocycles. The first-order chi connectivity index (χ1) is 7.61. The van der Waals surface area contributed by atoms with E-state index in [1.54, 1.807) is 0 Å². The lowest BCUT2D eigenvalue weighted by molar-refractivity contribution is -0.142. The number of methoxy groups -OCH3 is 1. The molecule has 2 aliphatic carbocycles. The van der Waals surface area contributed by atoms with Crippen molar-refractivity contribution >= 4 is 11.8 Å². The molecule has 2 aliphatic rings. The predicted octanol–water partition coefficient (Wildman–Crippen LogP) is 2.19. The van der Waals surface area contributed by atoms with E-state index < -0.39 is 0 Å². The number of ketones is 1. The molecular formula is C13H20O3. The zero-order chi connectivity index (χ0) is 11.7. The van der Waals surface area contributed by atoms with Gasteiger partial charge in [0.25, 0.3) is 0 Å². The number of esters is 1. The molecule has 0 spiro atoms. The van der Waals surface area contributed by atoms with Crippen LogP contribution in [0.5, 0.6) is 0 Å². The Balaban J connectivity index is 1.90. The number of carbonyl (C=O) groups excluding carboxylic acids is 2. The van der Waals surface area contributed by atoms with Crippen LogP contribution in [0.25, 0.3) is 0 Å². The van der Waals surface area contributed by atoms with Crippen molar-refractivity contribution in [3.8, 4) is 0 Å². The van der Waals surface area contributed by atoms with E-state index in [-0.39, 0.29) is 17.8 Å². The van der Waals surface area contributed by atoms with Crippen LogP contribution in [0.2, 0.25) is 0 Å². The molecule has 3 nitrogen and oxygen atoms in total. The van der Waals surface area contributed by atoms with E-state index in [0.29, 0.717) is 18.6 Å². The minimum Gasteiger partial charge on any atom is -0.469 e. The molecule has 0 heterocycles. The standard InChI is InChI=1S/C13H20O3/c1-8-5-10(8)6-11-9(3-4-12(11)14)7-13(15)16-2/h8-11H,3-7H2,1-2H3. The lowest BCUT2D eigenvalue weighted by Crippen LogP contribution is -2.19. The lowest BCUT2D eigenvalue weighted by Gasteiger charge is -2.16. The van der Waals surface area contributed by atoms with Crippen LogP contribution >= 0.6 is 0 Å². The Morgan fingerprint density at radius 1 is 1.44 bits per heavy atom. The van der Waals surface area contributed by atoms with Gasteiger partial charge in [-0.25, -0.2) is 0 Å². The number of hydrogen-bond acceptors (Lipinski definition) is 3. The van der Waals surface area contributed by atoms with Crippen LogP contribution in [0.4, 0.5) is 0 Å². The Bertz CT molecular complexity index is 298. The van der Waals surface area contributed by atoms with Crippen LogP contribution in [0.1, 0.15) is 39.0 Å². The summed E-state index contributed by atoms with van der Waals surface area (Å²) >= 11 is 0. The van der Waals surface area contributed by atoms with Crippen molar-refractivity contribution in [3.05, 3.63) is 0 Å². The van der Waals surface area contributed by atoms with Crippen LogP contribution in [-0.4, -0.2) is 18.9 Å². The first kappa shape index (κ1) is 11.6. The molecule has 2 rings (SSSR count). The molecule has 0 aromatic rings. The Kier molecular flexibility index (Phi) is 3.31. The first-order valence-electron chi connectivity index (χ1n) is 6.21. The van der Waals surface area contributed by atoms with Gasteiger partial charge in [-0.3, -0.25) is 9.59 Å². The van der Waals surface area contributed by atoms with Crippen LogP contribution < -0.4 is 0 Å². The molecule has 0 aromatic carbocycles. The minimum atomic E-state index is -0.173. The van der Waals surface area contributed by atoms with Gasteiger partial charge in [-0.05, 0) is 37.0 Å². The molecule has 0 bridgehead atoms. The summed E-state index contributed by atoms with van der Waals surface area (Å²) in [5.74, 6) is 2.09. The maximum atomic E-state index is 11.8. The Labute approximate surface area is 96.5 Å². The van der Waals surface area contributed by atoms with Crippen molar-refractivity contribution < 1.29 is 14.3 Å². The molecule has 0 aliphatic heterocycles. The average molecular weight is 224 g/mol. The summed E-state index contributed by atoms with van der Waals surface area (Å²) in [6.07, 6.45) is 4.22. The summed E-state index contributed by atoms with van der Waals surface area (Å²) in [6, 6.07) is 0. The molecule has 4 atom stereocenters. The van der Waals surface area contributed by atoms with Crippen molar-refractivity contribution in [1.29, 1.82) is 0 Å². The summed E-state index contributed by atoms with van der Waals surface area (Å²) < 4.78 is 4.69. The van der Waals surface area contributed by atoms with E-state index in [2.05, 4.69) is 11.7 Å². The number of Topliss-reactive ketones (excluding diaryl/α,β-unsaturated/α-hetero) is 1. The lowest BCUT2D eigenvalue weighted by atomic mass is 9.87. The fourth-order valence-corrected chi connectivity index (χ4v) is 2.90. The highest BCUT2D eigenvalue weighted by Gasteiger charge is 2.42. The summed E-state index contributed by atoms with van der Waals surface area (Å²) in [4.78, 5) is 23.0. The SMILES string of the molecule is COC(=O)CC1CCC(=O)C1CC1CC1C. The largest absolute Gasteiger partial charge is 0.469 e. The van der Waals surface area contributed by atoms with Gasteiger partial charge in [0.05, 0.1) is 7.11 Å². The van der Waals surface area contributed by atoms with Crippen molar-refractivity contribution in [3.63, 3.8) is 0 Å². The van der Waals surface area contributed by atoms with Crippen molar-refractivity contribution in [2.45, 2.75) is 39.0 Å². The van der Waals surface area contributed by atoms with Crippen LogP contribution in [0.15, 0.2) is 0 Å². The van der Waals surface area contributed by atoms with Gasteiger partial charge in [-0.15, -0.1) is 0 Å². The summed E-state index contributed by atoms with van der Waals surface area (Å²) in [5, 5.41) is 0. The Morgan fingerprint density at radius 3 is 2.69 bits per heavy atom. The highest BCUT2D eigenvalue weighted by Crippen LogP contribution is 2.46. The maximum Gasteiger partial charge on any atom is 0.305 e. The van der Waals surface area contributed by atoms with Gasteiger partial charge in [-0.2, -0.15) is 0 Å². The molecule has 90 valence electrons. The Hall–Kier alpha value is -0.860. The van der Waals surface area contributed by atoms with Crippen molar-refractivity contribution in [1.82, 2.24) is 0 Å². The van der Waals surface area contributed by atoms with Crippen molar-refractivity contribution in [2.75, 3.05) is 7.11 Å². The predicted molar refractivity (Wildman–Crippen MR) is 59.7 cm³/mol. The third kappa shape index (κ3) is 2.45. The monoisotopic (exact) mass is 224 g/mol. The second kappa shape index (κ2) is 4.56. The van der Waals surface area contributed by atoms with E-state index in [9.17, 15) is 9.59 Å².